The number of nitrogens with zero attached hydrogens (tertiary/aromatic N) is 4. The number of halogens is 1. The molecule has 0 atom stereocenters. The Labute approximate surface area is 155 Å². The van der Waals surface area contributed by atoms with E-state index >= 15 is 0 Å². The smallest absolute Gasteiger partial charge is 0.256 e. The number of thiazole rings is 1. The topological polar surface area (TPSA) is 51.0 Å². The van der Waals surface area contributed by atoms with Crippen LogP contribution in [0.1, 0.15) is 40.6 Å². The third-order valence-electron chi connectivity index (χ3n) is 4.82. The first-order valence-electron chi connectivity index (χ1n) is 8.64. The van der Waals surface area contributed by atoms with E-state index in [0.717, 1.165) is 24.4 Å². The largest absolute Gasteiger partial charge is 0.339 e. The lowest BCUT2D eigenvalue weighted by Crippen LogP contribution is -2.38. The molecule has 3 aromatic rings. The number of carbonyl (C=O) groups excluding carboxylic acids is 1. The van der Waals surface area contributed by atoms with Gasteiger partial charge in [-0.2, -0.15) is 0 Å². The van der Waals surface area contributed by atoms with E-state index in [2.05, 4.69) is 14.5 Å². The highest BCUT2D eigenvalue weighted by atomic mass is 32.1. The second-order valence-corrected chi connectivity index (χ2v) is 7.16. The number of carbonyl (C=O) groups is 1. The minimum Gasteiger partial charge on any atom is -0.339 e. The Morgan fingerprint density at radius 1 is 1.23 bits per heavy atom. The van der Waals surface area contributed by atoms with Crippen molar-refractivity contribution in [2.24, 2.45) is 0 Å². The lowest BCUT2D eigenvalue weighted by molar-refractivity contribution is 0.0705. The molecule has 7 heteroatoms. The van der Waals surface area contributed by atoms with Gasteiger partial charge in [0.25, 0.3) is 5.91 Å². The van der Waals surface area contributed by atoms with Crippen molar-refractivity contribution in [3.05, 3.63) is 70.4 Å². The van der Waals surface area contributed by atoms with Gasteiger partial charge in [-0.05, 0) is 25.0 Å². The number of piperidine rings is 1. The van der Waals surface area contributed by atoms with Gasteiger partial charge >= 0.3 is 0 Å². The Morgan fingerprint density at radius 3 is 2.77 bits per heavy atom. The maximum atomic E-state index is 13.9. The van der Waals surface area contributed by atoms with Crippen LogP contribution in [0, 0.1) is 5.82 Å². The monoisotopic (exact) mass is 370 g/mol. The molecule has 0 radical (unpaired) electrons. The van der Waals surface area contributed by atoms with Gasteiger partial charge in [0, 0.05) is 36.8 Å². The number of benzene rings is 1. The molecule has 0 saturated carbocycles. The molecule has 0 bridgehead atoms. The van der Waals surface area contributed by atoms with Gasteiger partial charge in [0.05, 0.1) is 23.3 Å². The van der Waals surface area contributed by atoms with Crippen LogP contribution in [-0.2, 0) is 6.54 Å². The van der Waals surface area contributed by atoms with Gasteiger partial charge in [0.15, 0.2) is 0 Å². The van der Waals surface area contributed by atoms with Crippen molar-refractivity contribution in [3.8, 4) is 0 Å². The van der Waals surface area contributed by atoms with E-state index in [9.17, 15) is 9.18 Å². The van der Waals surface area contributed by atoms with Gasteiger partial charge in [-0.3, -0.25) is 4.79 Å². The van der Waals surface area contributed by atoms with Gasteiger partial charge < -0.3 is 9.47 Å². The van der Waals surface area contributed by atoms with Crippen molar-refractivity contribution in [2.75, 3.05) is 13.1 Å². The molecule has 134 valence electrons. The zero-order chi connectivity index (χ0) is 17.9. The van der Waals surface area contributed by atoms with E-state index < -0.39 is 5.82 Å². The van der Waals surface area contributed by atoms with E-state index in [0.29, 0.717) is 25.6 Å². The van der Waals surface area contributed by atoms with Crippen LogP contribution in [0.5, 0.6) is 0 Å². The van der Waals surface area contributed by atoms with E-state index in [-0.39, 0.29) is 11.5 Å². The molecule has 0 unspecified atom stereocenters. The maximum Gasteiger partial charge on any atom is 0.256 e. The normalized spacial score (nSPS) is 15.3. The van der Waals surface area contributed by atoms with E-state index in [1.54, 1.807) is 34.4 Å². The molecular formula is C19H19FN4OS. The average molecular weight is 370 g/mol. The summed E-state index contributed by atoms with van der Waals surface area (Å²) in [4.78, 5) is 23.2. The molecule has 2 aromatic heterocycles. The van der Waals surface area contributed by atoms with Crippen LogP contribution in [-0.4, -0.2) is 38.4 Å². The Kier molecular flexibility index (Phi) is 4.79. The van der Waals surface area contributed by atoms with Crippen molar-refractivity contribution in [2.45, 2.75) is 25.3 Å². The minimum atomic E-state index is -0.460. The Bertz CT molecular complexity index is 885. The first-order chi connectivity index (χ1) is 12.7. The standard InChI is InChI=1S/C19H19FN4OS/c20-17-4-2-1-3-16(17)19(25)23-8-5-14(6-9-23)18-21-7-10-24(18)11-15-12-26-13-22-15/h1-4,7,10,12-14H,5-6,8-9,11H2. The molecule has 5 nitrogen and oxygen atoms in total. The first kappa shape index (κ1) is 16.9. The molecule has 1 aromatic carbocycles. The summed E-state index contributed by atoms with van der Waals surface area (Å²) in [5.74, 6) is 0.648. The van der Waals surface area contributed by atoms with Gasteiger partial charge in [0.2, 0.25) is 0 Å². The van der Waals surface area contributed by atoms with Crippen LogP contribution >= 0.6 is 11.3 Å². The molecule has 0 N–H and O–H groups in total. The molecule has 1 saturated heterocycles. The van der Waals surface area contributed by atoms with E-state index in [1.807, 2.05) is 23.3 Å². The fourth-order valence-corrected chi connectivity index (χ4v) is 4.00. The summed E-state index contributed by atoms with van der Waals surface area (Å²) in [6.07, 6.45) is 5.45. The minimum absolute atomic E-state index is 0.149. The van der Waals surface area contributed by atoms with Crippen LogP contribution in [0.15, 0.2) is 47.5 Å². The highest BCUT2D eigenvalue weighted by molar-refractivity contribution is 7.07. The maximum absolute atomic E-state index is 13.9. The summed E-state index contributed by atoms with van der Waals surface area (Å²) in [5.41, 5.74) is 3.01. The summed E-state index contributed by atoms with van der Waals surface area (Å²) in [6.45, 7) is 1.94. The number of aromatic nitrogens is 3. The zero-order valence-electron chi connectivity index (χ0n) is 14.2. The number of amides is 1. The van der Waals surface area contributed by atoms with Crippen molar-refractivity contribution in [3.63, 3.8) is 0 Å². The molecule has 1 aliphatic rings. The summed E-state index contributed by atoms with van der Waals surface area (Å²) in [5, 5.41) is 2.04. The van der Waals surface area contributed by atoms with Gasteiger partial charge in [0.1, 0.15) is 11.6 Å². The van der Waals surface area contributed by atoms with Gasteiger partial charge in [-0.1, -0.05) is 12.1 Å². The summed E-state index contributed by atoms with van der Waals surface area (Å²) >= 11 is 1.59. The number of imidazole rings is 1. The Hall–Kier alpha value is -2.54. The number of likely N-dealkylation sites (tertiary alicyclic amines) is 1. The predicted octanol–water partition coefficient (Wildman–Crippen LogP) is 3.55. The number of hydrogen-bond acceptors (Lipinski definition) is 4. The second kappa shape index (κ2) is 7.37. The molecule has 0 aliphatic carbocycles. The zero-order valence-corrected chi connectivity index (χ0v) is 15.0. The number of hydrogen-bond donors (Lipinski definition) is 0. The lowest BCUT2D eigenvalue weighted by atomic mass is 9.95. The second-order valence-electron chi connectivity index (χ2n) is 6.44. The van der Waals surface area contributed by atoms with Crippen LogP contribution in [0.4, 0.5) is 4.39 Å². The highest BCUT2D eigenvalue weighted by Crippen LogP contribution is 2.28. The molecule has 1 fully saturated rings. The summed E-state index contributed by atoms with van der Waals surface area (Å²) in [6, 6.07) is 6.17. The molecule has 26 heavy (non-hydrogen) atoms. The molecule has 1 amide bonds. The third-order valence-corrected chi connectivity index (χ3v) is 5.45. The van der Waals surface area contributed by atoms with Crippen LogP contribution in [0.2, 0.25) is 0 Å². The van der Waals surface area contributed by atoms with Crippen LogP contribution < -0.4 is 0 Å². The molecular weight excluding hydrogens is 351 g/mol. The van der Waals surface area contributed by atoms with Gasteiger partial charge in [-0.15, -0.1) is 11.3 Å². The van der Waals surface area contributed by atoms with Crippen LogP contribution in [0.25, 0.3) is 0 Å². The van der Waals surface area contributed by atoms with Crippen LogP contribution in [0.3, 0.4) is 0 Å². The SMILES string of the molecule is O=C(c1ccccc1F)N1CCC(c2nccn2Cc2cscn2)CC1. The molecule has 0 spiro atoms. The van der Waals surface area contributed by atoms with Crippen molar-refractivity contribution >= 4 is 17.2 Å². The van der Waals surface area contributed by atoms with Crippen molar-refractivity contribution < 1.29 is 9.18 Å². The Balaban J connectivity index is 1.42. The molecule has 4 rings (SSSR count). The molecule has 1 aliphatic heterocycles. The first-order valence-corrected chi connectivity index (χ1v) is 9.58. The molecule has 3 heterocycles. The highest BCUT2D eigenvalue weighted by Gasteiger charge is 2.28. The summed E-state index contributed by atoms with van der Waals surface area (Å²) in [7, 11) is 0. The lowest BCUT2D eigenvalue weighted by Gasteiger charge is -2.32. The van der Waals surface area contributed by atoms with Crippen molar-refractivity contribution in [1.29, 1.82) is 0 Å². The van der Waals surface area contributed by atoms with E-state index in [1.165, 1.54) is 6.07 Å². The number of rotatable bonds is 4. The predicted molar refractivity (Wildman–Crippen MR) is 97.7 cm³/mol. The fraction of sp³-hybridized carbons (Fsp3) is 0.316. The fourth-order valence-electron chi connectivity index (χ4n) is 3.45. The van der Waals surface area contributed by atoms with Gasteiger partial charge in [-0.25, -0.2) is 14.4 Å². The summed E-state index contributed by atoms with van der Waals surface area (Å²) < 4.78 is 16.0. The third kappa shape index (κ3) is 3.39. The van der Waals surface area contributed by atoms with E-state index in [4.69, 9.17) is 0 Å². The quantitative estimate of drug-likeness (QED) is 0.706. The average Bonchev–Trinajstić information content (AvgIpc) is 3.34. The Morgan fingerprint density at radius 2 is 2.04 bits per heavy atom. The van der Waals surface area contributed by atoms with Crippen molar-refractivity contribution in [1.82, 2.24) is 19.4 Å².